The average Bonchev–Trinajstić information content (AvgIpc) is 2.32. The Bertz CT molecular complexity index is 479. The van der Waals surface area contributed by atoms with E-state index in [1.165, 1.54) is 24.2 Å². The molecule has 1 heterocycles. The summed E-state index contributed by atoms with van der Waals surface area (Å²) in [5.41, 5.74) is 1.16. The molecular weight excluding hydrogens is 244 g/mol. The minimum absolute atomic E-state index is 0.0954. The molecule has 0 aliphatic carbocycles. The van der Waals surface area contributed by atoms with E-state index < -0.39 is 0 Å². The van der Waals surface area contributed by atoms with Crippen LogP contribution in [0.15, 0.2) is 47.8 Å². The number of hydrogen-bond donors (Lipinski definition) is 0. The van der Waals surface area contributed by atoms with Crippen molar-refractivity contribution in [1.29, 1.82) is 0 Å². The summed E-state index contributed by atoms with van der Waals surface area (Å²) < 4.78 is 0.683. The molecule has 0 saturated carbocycles. The SMILES string of the molecule is [O-][n+]1c(Cl)cncc1SCc1ccccc1. The Labute approximate surface area is 103 Å². The Hall–Kier alpha value is -1.26. The van der Waals surface area contributed by atoms with Gasteiger partial charge < -0.3 is 5.21 Å². The van der Waals surface area contributed by atoms with E-state index in [4.69, 9.17) is 11.6 Å². The first-order valence-electron chi connectivity index (χ1n) is 4.67. The maximum Gasteiger partial charge on any atom is 0.305 e. The summed E-state index contributed by atoms with van der Waals surface area (Å²) in [6.45, 7) is 0. The highest BCUT2D eigenvalue weighted by atomic mass is 35.5. The van der Waals surface area contributed by atoms with Gasteiger partial charge in [0.25, 0.3) is 5.03 Å². The topological polar surface area (TPSA) is 39.8 Å². The molecule has 0 radical (unpaired) electrons. The zero-order chi connectivity index (χ0) is 11.4. The molecular formula is C11H9ClN2OS. The van der Waals surface area contributed by atoms with E-state index in [9.17, 15) is 5.21 Å². The smallest absolute Gasteiger partial charge is 0.305 e. The largest absolute Gasteiger partial charge is 0.617 e. The van der Waals surface area contributed by atoms with Crippen molar-refractivity contribution in [2.24, 2.45) is 0 Å². The summed E-state index contributed by atoms with van der Waals surface area (Å²) in [7, 11) is 0. The predicted molar refractivity (Wildman–Crippen MR) is 64.2 cm³/mol. The quantitative estimate of drug-likeness (QED) is 0.479. The molecule has 5 heteroatoms. The van der Waals surface area contributed by atoms with Crippen molar-refractivity contribution in [1.82, 2.24) is 4.98 Å². The minimum atomic E-state index is 0.0954. The van der Waals surface area contributed by atoms with E-state index >= 15 is 0 Å². The maximum atomic E-state index is 11.5. The molecule has 16 heavy (non-hydrogen) atoms. The first kappa shape index (κ1) is 11.2. The maximum absolute atomic E-state index is 11.5. The Morgan fingerprint density at radius 1 is 1.25 bits per heavy atom. The zero-order valence-electron chi connectivity index (χ0n) is 8.34. The van der Waals surface area contributed by atoms with Gasteiger partial charge in [0.15, 0.2) is 0 Å². The highest BCUT2D eigenvalue weighted by Crippen LogP contribution is 2.19. The van der Waals surface area contributed by atoms with Gasteiger partial charge in [-0.15, -0.1) is 4.73 Å². The highest BCUT2D eigenvalue weighted by Gasteiger charge is 2.10. The van der Waals surface area contributed by atoms with Crippen molar-refractivity contribution in [3.05, 3.63) is 58.6 Å². The van der Waals surface area contributed by atoms with E-state index in [2.05, 4.69) is 4.98 Å². The second kappa shape index (κ2) is 5.18. The third-order valence-electron chi connectivity index (χ3n) is 1.99. The highest BCUT2D eigenvalue weighted by molar-refractivity contribution is 7.98. The lowest BCUT2D eigenvalue weighted by atomic mass is 10.2. The lowest BCUT2D eigenvalue weighted by Gasteiger charge is -2.04. The molecule has 0 bridgehead atoms. The number of hydrogen-bond acceptors (Lipinski definition) is 3. The summed E-state index contributed by atoms with van der Waals surface area (Å²) in [4.78, 5) is 3.88. The monoisotopic (exact) mass is 252 g/mol. The van der Waals surface area contributed by atoms with Gasteiger partial charge in [-0.25, -0.2) is 4.98 Å². The molecule has 0 atom stereocenters. The minimum Gasteiger partial charge on any atom is -0.617 e. The Balaban J connectivity index is 2.08. The van der Waals surface area contributed by atoms with Crippen LogP contribution in [0.2, 0.25) is 5.15 Å². The number of aromatic nitrogens is 2. The molecule has 0 aliphatic rings. The number of nitrogens with zero attached hydrogens (tertiary/aromatic N) is 2. The summed E-state index contributed by atoms with van der Waals surface area (Å²) in [6.07, 6.45) is 2.85. The summed E-state index contributed by atoms with van der Waals surface area (Å²) >= 11 is 7.09. The Morgan fingerprint density at radius 3 is 2.75 bits per heavy atom. The first-order chi connectivity index (χ1) is 7.77. The van der Waals surface area contributed by atoms with E-state index in [1.54, 1.807) is 0 Å². The van der Waals surface area contributed by atoms with Crippen LogP contribution in [-0.4, -0.2) is 4.98 Å². The third kappa shape index (κ3) is 2.65. The van der Waals surface area contributed by atoms with Crippen molar-refractivity contribution in [3.63, 3.8) is 0 Å². The van der Waals surface area contributed by atoms with Gasteiger partial charge in [-0.2, -0.15) is 0 Å². The zero-order valence-corrected chi connectivity index (χ0v) is 9.91. The van der Waals surface area contributed by atoms with Gasteiger partial charge in [0.05, 0.1) is 0 Å². The normalized spacial score (nSPS) is 10.3. The average molecular weight is 253 g/mol. The molecule has 2 rings (SSSR count). The van der Waals surface area contributed by atoms with Gasteiger partial charge in [-0.1, -0.05) is 30.3 Å². The molecule has 0 spiro atoms. The van der Waals surface area contributed by atoms with E-state index in [1.807, 2.05) is 30.3 Å². The van der Waals surface area contributed by atoms with Crippen LogP contribution in [0.5, 0.6) is 0 Å². The molecule has 0 saturated heterocycles. The van der Waals surface area contributed by atoms with Crippen molar-refractivity contribution in [2.45, 2.75) is 10.8 Å². The molecule has 0 N–H and O–H groups in total. The van der Waals surface area contributed by atoms with Crippen LogP contribution >= 0.6 is 23.4 Å². The van der Waals surface area contributed by atoms with Gasteiger partial charge in [0.1, 0.15) is 12.4 Å². The van der Waals surface area contributed by atoms with Crippen molar-refractivity contribution in [3.8, 4) is 0 Å². The van der Waals surface area contributed by atoms with Crippen molar-refractivity contribution >= 4 is 23.4 Å². The van der Waals surface area contributed by atoms with E-state index in [-0.39, 0.29) is 5.15 Å². The Morgan fingerprint density at radius 2 is 2.00 bits per heavy atom. The second-order valence-electron chi connectivity index (χ2n) is 3.14. The molecule has 0 amide bonds. The number of benzene rings is 1. The van der Waals surface area contributed by atoms with E-state index in [0.717, 1.165) is 11.3 Å². The van der Waals surface area contributed by atoms with Gasteiger partial charge >= 0.3 is 5.15 Å². The van der Waals surface area contributed by atoms with Crippen molar-refractivity contribution < 1.29 is 4.73 Å². The summed E-state index contributed by atoms with van der Waals surface area (Å²) in [5.74, 6) is 0.727. The van der Waals surface area contributed by atoms with Crippen molar-refractivity contribution in [2.75, 3.05) is 0 Å². The molecule has 1 aromatic carbocycles. The Kier molecular flexibility index (Phi) is 3.64. The van der Waals surface area contributed by atoms with Crippen LogP contribution in [0.1, 0.15) is 5.56 Å². The van der Waals surface area contributed by atoms with Gasteiger partial charge in [-0.3, -0.25) is 0 Å². The first-order valence-corrected chi connectivity index (χ1v) is 6.03. The summed E-state index contributed by atoms with van der Waals surface area (Å²) in [6, 6.07) is 9.93. The van der Waals surface area contributed by atoms with Crippen LogP contribution in [-0.2, 0) is 5.75 Å². The number of rotatable bonds is 3. The van der Waals surface area contributed by atoms with Crippen LogP contribution in [0.3, 0.4) is 0 Å². The summed E-state index contributed by atoms with van der Waals surface area (Å²) in [5, 5.41) is 12.1. The molecule has 0 unspecified atom stereocenters. The van der Waals surface area contributed by atoms with Crippen LogP contribution in [0.25, 0.3) is 0 Å². The second-order valence-corrected chi connectivity index (χ2v) is 4.52. The fraction of sp³-hybridized carbons (Fsp3) is 0.0909. The number of halogens is 1. The van der Waals surface area contributed by atoms with Gasteiger partial charge in [0.2, 0.25) is 0 Å². The third-order valence-corrected chi connectivity index (χ3v) is 3.29. The fourth-order valence-corrected chi connectivity index (χ4v) is 2.26. The molecule has 0 fully saturated rings. The fourth-order valence-electron chi connectivity index (χ4n) is 1.20. The van der Waals surface area contributed by atoms with Gasteiger partial charge in [-0.05, 0) is 28.9 Å². The van der Waals surface area contributed by atoms with Crippen LogP contribution in [0.4, 0.5) is 0 Å². The predicted octanol–water partition coefficient (Wildman–Crippen LogP) is 2.66. The molecule has 0 aliphatic heterocycles. The lowest BCUT2D eigenvalue weighted by Crippen LogP contribution is -2.30. The molecule has 1 aromatic heterocycles. The lowest BCUT2D eigenvalue weighted by molar-refractivity contribution is -0.643. The molecule has 82 valence electrons. The number of thioether (sulfide) groups is 1. The standard InChI is InChI=1S/C11H9ClN2OS/c12-10-6-13-7-11(14(10)15)16-8-9-4-2-1-3-5-9/h1-7H,8H2. The van der Waals surface area contributed by atoms with Crippen LogP contribution < -0.4 is 4.73 Å². The molecule has 2 aromatic rings. The van der Waals surface area contributed by atoms with Gasteiger partial charge in [0, 0.05) is 5.75 Å². The molecule has 3 nitrogen and oxygen atoms in total. The van der Waals surface area contributed by atoms with Crippen LogP contribution in [0, 0.1) is 5.21 Å². The van der Waals surface area contributed by atoms with E-state index in [0.29, 0.717) is 9.76 Å².